The third-order valence-electron chi connectivity index (χ3n) is 5.71. The van der Waals surface area contributed by atoms with Crippen LogP contribution in [0.15, 0.2) is 11.6 Å². The largest absolute Gasteiger partial charge is 0.356 e. The number of rotatable bonds is 7. The second-order valence-electron chi connectivity index (χ2n) is 9.16. The Bertz CT molecular complexity index is 842. The first-order chi connectivity index (χ1) is 14.1. The molecule has 1 saturated heterocycles. The van der Waals surface area contributed by atoms with Crippen LogP contribution in [0.2, 0.25) is 0 Å². The van der Waals surface area contributed by atoms with E-state index in [1.54, 1.807) is 11.0 Å². The minimum absolute atomic E-state index is 0.0350. The van der Waals surface area contributed by atoms with Crippen LogP contribution in [0.4, 0.5) is 0 Å². The number of nitrogens with zero attached hydrogens (tertiary/aromatic N) is 3. The van der Waals surface area contributed by atoms with Gasteiger partial charge in [-0.25, -0.2) is 0 Å². The van der Waals surface area contributed by atoms with Gasteiger partial charge in [-0.15, -0.1) is 0 Å². The summed E-state index contributed by atoms with van der Waals surface area (Å²) in [7, 11) is 0. The lowest BCUT2D eigenvalue weighted by Crippen LogP contribution is -2.44. The Morgan fingerprint density at radius 1 is 1.30 bits per heavy atom. The molecule has 6 heteroatoms. The quantitative estimate of drug-likeness (QED) is 0.548. The summed E-state index contributed by atoms with van der Waals surface area (Å²) < 4.78 is 2.24. The summed E-state index contributed by atoms with van der Waals surface area (Å²) in [5, 5.41) is 12.6. The van der Waals surface area contributed by atoms with Crippen molar-refractivity contribution in [1.29, 1.82) is 5.26 Å². The molecule has 1 fully saturated rings. The summed E-state index contributed by atoms with van der Waals surface area (Å²) in [4.78, 5) is 26.7. The van der Waals surface area contributed by atoms with Crippen LogP contribution >= 0.6 is 0 Å². The van der Waals surface area contributed by atoms with Gasteiger partial charge < -0.3 is 14.8 Å². The van der Waals surface area contributed by atoms with Gasteiger partial charge in [0, 0.05) is 43.5 Å². The van der Waals surface area contributed by atoms with E-state index in [9.17, 15) is 14.9 Å². The van der Waals surface area contributed by atoms with E-state index in [4.69, 9.17) is 0 Å². The van der Waals surface area contributed by atoms with Crippen molar-refractivity contribution < 1.29 is 9.59 Å². The summed E-state index contributed by atoms with van der Waals surface area (Å²) in [6, 6.07) is 4.16. The normalized spacial score (nSPS) is 17.4. The van der Waals surface area contributed by atoms with Crippen LogP contribution in [0.1, 0.15) is 57.5 Å². The number of aryl methyl sites for hydroxylation is 1. The Kier molecular flexibility index (Phi) is 8.28. The fraction of sp³-hybridized carbons (Fsp3) is 0.625. The van der Waals surface area contributed by atoms with E-state index in [1.165, 1.54) is 0 Å². The van der Waals surface area contributed by atoms with Gasteiger partial charge in [-0.2, -0.15) is 5.26 Å². The van der Waals surface area contributed by atoms with Gasteiger partial charge in [-0.1, -0.05) is 27.7 Å². The fourth-order valence-corrected chi connectivity index (χ4v) is 3.95. The van der Waals surface area contributed by atoms with Gasteiger partial charge in [0.15, 0.2) is 0 Å². The number of amides is 2. The van der Waals surface area contributed by atoms with Crippen molar-refractivity contribution >= 4 is 17.9 Å². The first-order valence-electron chi connectivity index (χ1n) is 11.0. The molecule has 2 amide bonds. The van der Waals surface area contributed by atoms with E-state index >= 15 is 0 Å². The minimum atomic E-state index is -0.217. The molecule has 1 aromatic rings. The zero-order chi connectivity index (χ0) is 22.4. The van der Waals surface area contributed by atoms with E-state index in [0.717, 1.165) is 36.3 Å². The van der Waals surface area contributed by atoms with Gasteiger partial charge >= 0.3 is 0 Å². The molecule has 0 spiro atoms. The molecule has 1 aliphatic rings. The molecule has 1 N–H and O–H groups in total. The molecule has 164 valence electrons. The van der Waals surface area contributed by atoms with Crippen LogP contribution in [0.25, 0.3) is 6.08 Å². The highest BCUT2D eigenvalue weighted by Crippen LogP contribution is 2.22. The summed E-state index contributed by atoms with van der Waals surface area (Å²) in [5.74, 6) is 0.514. The SMILES string of the molecule is Cc1cc(/C=C(/C#N)C(=O)N2CCCC(CNC(=O)C(C)C)C2)c(C)n1CC(C)C. The topological polar surface area (TPSA) is 78.1 Å². The fourth-order valence-electron chi connectivity index (χ4n) is 3.95. The van der Waals surface area contributed by atoms with Crippen LogP contribution in [-0.2, 0) is 16.1 Å². The predicted octanol–water partition coefficient (Wildman–Crippen LogP) is 3.68. The van der Waals surface area contributed by atoms with Crippen LogP contribution in [-0.4, -0.2) is 40.9 Å². The number of aromatic nitrogens is 1. The Morgan fingerprint density at radius 3 is 2.60 bits per heavy atom. The third kappa shape index (κ3) is 5.98. The van der Waals surface area contributed by atoms with Crippen molar-refractivity contribution in [2.45, 2.75) is 60.9 Å². The lowest BCUT2D eigenvalue weighted by atomic mass is 9.97. The highest BCUT2D eigenvalue weighted by Gasteiger charge is 2.26. The van der Waals surface area contributed by atoms with Crippen molar-refractivity contribution in [2.75, 3.05) is 19.6 Å². The second-order valence-corrected chi connectivity index (χ2v) is 9.16. The minimum Gasteiger partial charge on any atom is -0.356 e. The second kappa shape index (κ2) is 10.5. The van der Waals surface area contributed by atoms with E-state index in [0.29, 0.717) is 25.6 Å². The number of hydrogen-bond donors (Lipinski definition) is 1. The molecule has 30 heavy (non-hydrogen) atoms. The number of nitriles is 1. The van der Waals surface area contributed by atoms with E-state index in [-0.39, 0.29) is 29.2 Å². The molecule has 1 aromatic heterocycles. The standard InChI is InChI=1S/C24H36N4O2/c1-16(2)14-28-18(5)10-21(19(28)6)11-22(12-25)24(30)27-9-7-8-20(15-27)13-26-23(29)17(3)4/h10-11,16-17,20H,7-9,13-15H2,1-6H3,(H,26,29)/b22-11-. The third-order valence-corrected chi connectivity index (χ3v) is 5.71. The van der Waals surface area contributed by atoms with Gasteiger partial charge in [-0.05, 0) is 56.2 Å². The van der Waals surface area contributed by atoms with Crippen LogP contribution in [0.3, 0.4) is 0 Å². The monoisotopic (exact) mass is 412 g/mol. The molecule has 0 saturated carbocycles. The number of carbonyl (C=O) groups excluding carboxylic acids is 2. The van der Waals surface area contributed by atoms with Crippen molar-refractivity contribution in [3.05, 3.63) is 28.6 Å². The molecule has 0 aromatic carbocycles. The van der Waals surface area contributed by atoms with Crippen LogP contribution < -0.4 is 5.32 Å². The summed E-state index contributed by atoms with van der Waals surface area (Å²) in [5.41, 5.74) is 3.31. The predicted molar refractivity (Wildman–Crippen MR) is 119 cm³/mol. The number of hydrogen-bond acceptors (Lipinski definition) is 3. The maximum absolute atomic E-state index is 13.0. The number of carbonyl (C=O) groups is 2. The molecule has 1 atom stereocenters. The lowest BCUT2D eigenvalue weighted by Gasteiger charge is -2.32. The van der Waals surface area contributed by atoms with E-state index < -0.39 is 0 Å². The summed E-state index contributed by atoms with van der Waals surface area (Å²) >= 11 is 0. The maximum Gasteiger partial charge on any atom is 0.264 e. The van der Waals surface area contributed by atoms with E-state index in [1.807, 2.05) is 26.8 Å². The molecule has 2 heterocycles. The van der Waals surface area contributed by atoms with Gasteiger partial charge in [0.1, 0.15) is 11.6 Å². The molecule has 0 radical (unpaired) electrons. The van der Waals surface area contributed by atoms with Gasteiger partial charge in [0.2, 0.25) is 5.91 Å². The molecular weight excluding hydrogens is 376 g/mol. The Hall–Kier alpha value is -2.55. The Labute approximate surface area is 180 Å². The zero-order valence-electron chi connectivity index (χ0n) is 19.3. The lowest BCUT2D eigenvalue weighted by molar-refractivity contribution is -0.128. The average molecular weight is 413 g/mol. The maximum atomic E-state index is 13.0. The van der Waals surface area contributed by atoms with Crippen molar-refractivity contribution in [3.8, 4) is 6.07 Å². The van der Waals surface area contributed by atoms with Gasteiger partial charge in [0.05, 0.1) is 0 Å². The highest BCUT2D eigenvalue weighted by molar-refractivity contribution is 6.01. The molecule has 1 unspecified atom stereocenters. The smallest absolute Gasteiger partial charge is 0.264 e. The molecule has 0 bridgehead atoms. The number of likely N-dealkylation sites (tertiary alicyclic amines) is 1. The molecule has 0 aliphatic carbocycles. The number of piperidine rings is 1. The molecule has 2 rings (SSSR count). The first kappa shape index (κ1) is 23.7. The van der Waals surface area contributed by atoms with Crippen LogP contribution in [0, 0.1) is 42.9 Å². The van der Waals surface area contributed by atoms with Gasteiger partial charge in [-0.3, -0.25) is 9.59 Å². The molecule has 1 aliphatic heterocycles. The first-order valence-corrected chi connectivity index (χ1v) is 11.0. The Balaban J connectivity index is 2.12. The summed E-state index contributed by atoms with van der Waals surface area (Å²) in [6.45, 7) is 14.9. The average Bonchev–Trinajstić information content (AvgIpc) is 2.96. The van der Waals surface area contributed by atoms with Crippen molar-refractivity contribution in [3.63, 3.8) is 0 Å². The van der Waals surface area contributed by atoms with E-state index in [2.05, 4.69) is 36.7 Å². The van der Waals surface area contributed by atoms with Crippen molar-refractivity contribution in [1.82, 2.24) is 14.8 Å². The van der Waals surface area contributed by atoms with Crippen molar-refractivity contribution in [2.24, 2.45) is 17.8 Å². The highest BCUT2D eigenvalue weighted by atomic mass is 16.2. The molecule has 6 nitrogen and oxygen atoms in total. The Morgan fingerprint density at radius 2 is 2.00 bits per heavy atom. The zero-order valence-corrected chi connectivity index (χ0v) is 19.3. The van der Waals surface area contributed by atoms with Crippen LogP contribution in [0.5, 0.6) is 0 Å². The molecular formula is C24H36N4O2. The van der Waals surface area contributed by atoms with Gasteiger partial charge in [0.25, 0.3) is 5.91 Å². The number of nitrogens with one attached hydrogen (secondary N) is 1. The summed E-state index contributed by atoms with van der Waals surface area (Å²) in [6.07, 6.45) is 3.59.